The van der Waals surface area contributed by atoms with Crippen LogP contribution in [-0.2, 0) is 11.2 Å². The third-order valence-corrected chi connectivity index (χ3v) is 2.94. The first-order chi connectivity index (χ1) is 7.83. The highest BCUT2D eigenvalue weighted by Gasteiger charge is 2.18. The summed E-state index contributed by atoms with van der Waals surface area (Å²) in [7, 11) is 0. The van der Waals surface area contributed by atoms with Crippen LogP contribution in [0.3, 0.4) is 0 Å². The van der Waals surface area contributed by atoms with Gasteiger partial charge in [-0.2, -0.15) is 0 Å². The summed E-state index contributed by atoms with van der Waals surface area (Å²) in [4.78, 5) is 0. The fourth-order valence-corrected chi connectivity index (χ4v) is 2.10. The summed E-state index contributed by atoms with van der Waals surface area (Å²) in [6, 6.07) is 3.68. The minimum absolute atomic E-state index is 0.296. The first-order valence-electron chi connectivity index (χ1n) is 5.54. The van der Waals surface area contributed by atoms with Crippen molar-refractivity contribution in [2.75, 3.05) is 12.3 Å². The van der Waals surface area contributed by atoms with Crippen LogP contribution >= 0.6 is 0 Å². The number of nitrogen functional groups attached to an aromatic ring is 1. The Morgan fingerprint density at radius 2 is 2.44 bits per heavy atom. The van der Waals surface area contributed by atoms with Gasteiger partial charge in [0.25, 0.3) is 0 Å². The van der Waals surface area contributed by atoms with Crippen molar-refractivity contribution in [2.24, 2.45) is 0 Å². The predicted octanol–water partition coefficient (Wildman–Crippen LogP) is 1.03. The molecule has 0 amide bonds. The van der Waals surface area contributed by atoms with E-state index in [1.807, 2.05) is 22.7 Å². The van der Waals surface area contributed by atoms with Crippen LogP contribution in [0.5, 0.6) is 0 Å². The van der Waals surface area contributed by atoms with Crippen molar-refractivity contribution in [1.29, 1.82) is 0 Å². The van der Waals surface area contributed by atoms with E-state index in [1.165, 1.54) is 0 Å². The van der Waals surface area contributed by atoms with Crippen LogP contribution in [0.4, 0.5) is 5.69 Å². The van der Waals surface area contributed by atoms with E-state index >= 15 is 0 Å². The molecule has 0 radical (unpaired) electrons. The molecule has 1 fully saturated rings. The number of pyridine rings is 1. The number of hydrogen-bond acceptors (Lipinski definition) is 4. The van der Waals surface area contributed by atoms with Crippen LogP contribution in [-0.4, -0.2) is 27.3 Å². The maximum absolute atomic E-state index is 5.69. The van der Waals surface area contributed by atoms with E-state index in [2.05, 4.69) is 10.2 Å². The number of anilines is 1. The summed E-state index contributed by atoms with van der Waals surface area (Å²) in [5.41, 5.74) is 7.20. The van der Waals surface area contributed by atoms with E-state index in [1.54, 1.807) is 0 Å². The van der Waals surface area contributed by atoms with E-state index in [-0.39, 0.29) is 0 Å². The molecule has 1 unspecified atom stereocenters. The second-order valence-electron chi connectivity index (χ2n) is 4.14. The van der Waals surface area contributed by atoms with E-state index in [0.717, 1.165) is 37.3 Å². The van der Waals surface area contributed by atoms with Gasteiger partial charge in [0.2, 0.25) is 0 Å². The second-order valence-corrected chi connectivity index (χ2v) is 4.14. The van der Waals surface area contributed by atoms with Gasteiger partial charge in [-0.25, -0.2) is 0 Å². The lowest BCUT2D eigenvalue weighted by Gasteiger charge is -2.07. The molecule has 2 aromatic rings. The van der Waals surface area contributed by atoms with Crippen molar-refractivity contribution in [2.45, 2.75) is 25.4 Å². The number of nitrogens with two attached hydrogens (primary N) is 1. The predicted molar refractivity (Wildman–Crippen MR) is 60.1 cm³/mol. The highest BCUT2D eigenvalue weighted by molar-refractivity contribution is 5.51. The summed E-state index contributed by atoms with van der Waals surface area (Å²) in [5, 5.41) is 8.28. The van der Waals surface area contributed by atoms with Gasteiger partial charge in [0.05, 0.1) is 6.10 Å². The van der Waals surface area contributed by atoms with Crippen molar-refractivity contribution in [3.63, 3.8) is 0 Å². The molecule has 0 aromatic carbocycles. The van der Waals surface area contributed by atoms with Gasteiger partial charge in [-0.15, -0.1) is 10.2 Å². The van der Waals surface area contributed by atoms with E-state index in [4.69, 9.17) is 10.5 Å². The summed E-state index contributed by atoms with van der Waals surface area (Å²) in [6.45, 7) is 0.869. The molecular weight excluding hydrogens is 204 g/mol. The third-order valence-electron chi connectivity index (χ3n) is 2.94. The quantitative estimate of drug-likeness (QED) is 0.817. The zero-order valence-electron chi connectivity index (χ0n) is 8.97. The average molecular weight is 218 g/mol. The fraction of sp³-hybridized carbons (Fsp3) is 0.455. The van der Waals surface area contributed by atoms with Crippen molar-refractivity contribution in [1.82, 2.24) is 14.6 Å². The Morgan fingerprint density at radius 1 is 1.50 bits per heavy atom. The molecule has 3 heterocycles. The average Bonchev–Trinajstić information content (AvgIpc) is 2.89. The molecule has 2 aromatic heterocycles. The molecule has 84 valence electrons. The first kappa shape index (κ1) is 9.59. The number of ether oxygens (including phenoxy) is 1. The minimum Gasteiger partial charge on any atom is -0.399 e. The molecule has 1 aliphatic rings. The smallest absolute Gasteiger partial charge is 0.162 e. The van der Waals surface area contributed by atoms with E-state index in [0.29, 0.717) is 11.8 Å². The Kier molecular flexibility index (Phi) is 2.25. The van der Waals surface area contributed by atoms with Gasteiger partial charge in [-0.05, 0) is 18.9 Å². The highest BCUT2D eigenvalue weighted by atomic mass is 16.5. The largest absolute Gasteiger partial charge is 0.399 e. The summed E-state index contributed by atoms with van der Waals surface area (Å²) in [6.07, 6.45) is 5.29. The van der Waals surface area contributed by atoms with Gasteiger partial charge >= 0.3 is 0 Å². The molecule has 1 saturated heterocycles. The third kappa shape index (κ3) is 1.63. The molecule has 0 saturated carbocycles. The topological polar surface area (TPSA) is 65.4 Å². The van der Waals surface area contributed by atoms with Gasteiger partial charge in [0, 0.05) is 31.0 Å². The van der Waals surface area contributed by atoms with Crippen molar-refractivity contribution < 1.29 is 4.74 Å². The van der Waals surface area contributed by atoms with Crippen LogP contribution in [0.1, 0.15) is 18.7 Å². The lowest BCUT2D eigenvalue weighted by molar-refractivity contribution is 0.109. The Balaban J connectivity index is 1.91. The molecule has 0 spiro atoms. The van der Waals surface area contributed by atoms with Crippen LogP contribution in [0.25, 0.3) is 5.65 Å². The second kappa shape index (κ2) is 3.75. The first-order valence-corrected chi connectivity index (χ1v) is 5.54. The molecule has 0 aliphatic carbocycles. The highest BCUT2D eigenvalue weighted by Crippen LogP contribution is 2.17. The van der Waals surface area contributed by atoms with Gasteiger partial charge in [-0.3, -0.25) is 4.40 Å². The molecule has 0 bridgehead atoms. The number of rotatable bonds is 2. The summed E-state index contributed by atoms with van der Waals surface area (Å²) in [5.74, 6) is 0.946. The van der Waals surface area contributed by atoms with Gasteiger partial charge in [0.15, 0.2) is 5.65 Å². The van der Waals surface area contributed by atoms with Gasteiger partial charge < -0.3 is 10.5 Å². The lowest BCUT2D eigenvalue weighted by atomic mass is 10.2. The number of fused-ring (bicyclic) bond motifs is 1. The number of nitrogens with zero attached hydrogens (tertiary/aromatic N) is 3. The van der Waals surface area contributed by atoms with Crippen LogP contribution < -0.4 is 5.73 Å². The maximum Gasteiger partial charge on any atom is 0.162 e. The van der Waals surface area contributed by atoms with Gasteiger partial charge in [0.1, 0.15) is 5.82 Å². The van der Waals surface area contributed by atoms with E-state index in [9.17, 15) is 0 Å². The molecule has 1 atom stereocenters. The number of hydrogen-bond donors (Lipinski definition) is 1. The Hall–Kier alpha value is -1.62. The molecule has 3 rings (SSSR count). The zero-order chi connectivity index (χ0) is 11.0. The van der Waals surface area contributed by atoms with Gasteiger partial charge in [-0.1, -0.05) is 0 Å². The Morgan fingerprint density at radius 3 is 3.25 bits per heavy atom. The summed E-state index contributed by atoms with van der Waals surface area (Å²) >= 11 is 0. The monoisotopic (exact) mass is 218 g/mol. The van der Waals surface area contributed by atoms with Crippen molar-refractivity contribution >= 4 is 11.3 Å². The van der Waals surface area contributed by atoms with Crippen molar-refractivity contribution in [3.8, 4) is 0 Å². The molecular formula is C11H14N4O. The zero-order valence-corrected chi connectivity index (χ0v) is 8.97. The molecule has 16 heavy (non-hydrogen) atoms. The minimum atomic E-state index is 0.296. The lowest BCUT2D eigenvalue weighted by Crippen LogP contribution is -2.11. The molecule has 5 heteroatoms. The van der Waals surface area contributed by atoms with Crippen LogP contribution in [0.15, 0.2) is 18.3 Å². The van der Waals surface area contributed by atoms with Crippen molar-refractivity contribution in [3.05, 3.63) is 24.2 Å². The number of aromatic nitrogens is 3. The fourth-order valence-electron chi connectivity index (χ4n) is 2.10. The molecule has 1 aliphatic heterocycles. The van der Waals surface area contributed by atoms with Crippen LogP contribution in [0, 0.1) is 0 Å². The Labute approximate surface area is 93.2 Å². The molecule has 2 N–H and O–H groups in total. The maximum atomic E-state index is 5.69. The van der Waals surface area contributed by atoms with Crippen LogP contribution in [0.2, 0.25) is 0 Å². The normalized spacial score (nSPS) is 20.6. The standard InChI is InChI=1S/C11H14N4O/c12-8-3-4-15-10(6-8)13-14-11(15)7-9-2-1-5-16-9/h3-4,6,9H,1-2,5,7,12H2. The summed E-state index contributed by atoms with van der Waals surface area (Å²) < 4.78 is 7.56. The molecule has 5 nitrogen and oxygen atoms in total. The Bertz CT molecular complexity index is 502. The SMILES string of the molecule is Nc1ccn2c(CC3CCCO3)nnc2c1. The van der Waals surface area contributed by atoms with E-state index < -0.39 is 0 Å².